The van der Waals surface area contributed by atoms with Gasteiger partial charge in [0, 0.05) is 43.1 Å². The fourth-order valence-electron chi connectivity index (χ4n) is 6.09. The molecular weight excluding hydrogens is 366 g/mol. The highest BCUT2D eigenvalue weighted by Crippen LogP contribution is 2.36. The molecule has 1 aliphatic carbocycles. The number of hydrogen-bond acceptors (Lipinski definition) is 2. The minimum atomic E-state index is 0.645. The average molecular weight is 413 g/mol. The van der Waals surface area contributed by atoms with Crippen LogP contribution in [0, 0.1) is 5.92 Å². The second-order valence-electron chi connectivity index (χ2n) is 9.84. The molecule has 0 aromatic carbocycles. The smallest absolute Gasteiger partial charge is 0.172 e. The molecule has 1 aromatic heterocycles. The third-order valence-corrected chi connectivity index (χ3v) is 7.80. The maximum Gasteiger partial charge on any atom is 0.172 e. The topological polar surface area (TPSA) is 19.1 Å². The van der Waals surface area contributed by atoms with E-state index in [1.54, 1.807) is 0 Å². The van der Waals surface area contributed by atoms with E-state index in [2.05, 4.69) is 66.7 Å². The number of pyridine rings is 1. The van der Waals surface area contributed by atoms with E-state index in [-0.39, 0.29) is 0 Å². The molecule has 1 N–H and O–H groups in total. The second-order valence-corrected chi connectivity index (χ2v) is 9.84. The van der Waals surface area contributed by atoms with Gasteiger partial charge in [0.05, 0.1) is 0 Å². The summed E-state index contributed by atoms with van der Waals surface area (Å²) in [5.74, 6) is 1.53. The van der Waals surface area contributed by atoms with E-state index in [1.807, 2.05) is 6.20 Å². The molecule has 1 saturated carbocycles. The van der Waals surface area contributed by atoms with Crippen molar-refractivity contribution in [2.24, 2.45) is 5.92 Å². The van der Waals surface area contributed by atoms with Gasteiger partial charge in [-0.3, -0.25) is 4.90 Å². The molecule has 0 bridgehead atoms. The number of nitrogens with one attached hydrogen (secondary N) is 1. The number of nitrogens with zero attached hydrogens (tertiary/aromatic N) is 2. The Morgan fingerprint density at radius 3 is 2.67 bits per heavy atom. The van der Waals surface area contributed by atoms with Gasteiger partial charge >= 0.3 is 0 Å². The summed E-state index contributed by atoms with van der Waals surface area (Å²) in [6, 6.07) is 6.97. The summed E-state index contributed by atoms with van der Waals surface area (Å²) in [5.41, 5.74) is 1.52. The van der Waals surface area contributed by atoms with Gasteiger partial charge in [0.1, 0.15) is 0 Å². The van der Waals surface area contributed by atoms with E-state index in [0.29, 0.717) is 12.0 Å². The van der Waals surface area contributed by atoms with Crippen LogP contribution in [0.3, 0.4) is 0 Å². The second kappa shape index (κ2) is 11.9. The molecule has 3 nitrogen and oxygen atoms in total. The van der Waals surface area contributed by atoms with Crippen molar-refractivity contribution >= 4 is 0 Å². The summed E-state index contributed by atoms with van der Waals surface area (Å²) in [4.78, 5) is 2.90. The summed E-state index contributed by atoms with van der Waals surface area (Å²) < 4.78 is 2.55. The number of hydrogen-bond donors (Lipinski definition) is 1. The van der Waals surface area contributed by atoms with Crippen molar-refractivity contribution in [1.29, 1.82) is 0 Å². The van der Waals surface area contributed by atoms with Crippen LogP contribution in [0.2, 0.25) is 0 Å². The summed E-state index contributed by atoms with van der Waals surface area (Å²) in [6.45, 7) is 13.3. The minimum Gasteiger partial charge on any atom is -0.391 e. The van der Waals surface area contributed by atoms with Gasteiger partial charge in [-0.15, -0.1) is 0 Å². The SMILES string of the molecule is C=CNCCC(CCC)c1ccc[n+](C2CCC(N3CCC(C)C3CCC)CC2)c1. The lowest BCUT2D eigenvalue weighted by atomic mass is 9.88. The van der Waals surface area contributed by atoms with Crippen molar-refractivity contribution in [3.05, 3.63) is 42.9 Å². The molecule has 0 amide bonds. The maximum atomic E-state index is 3.79. The zero-order chi connectivity index (χ0) is 21.3. The fourth-order valence-corrected chi connectivity index (χ4v) is 6.09. The van der Waals surface area contributed by atoms with Gasteiger partial charge in [-0.25, -0.2) is 4.57 Å². The Labute approximate surface area is 185 Å². The van der Waals surface area contributed by atoms with Crippen molar-refractivity contribution < 1.29 is 4.57 Å². The molecule has 0 radical (unpaired) electrons. The fraction of sp³-hybridized carbons (Fsp3) is 0.741. The first-order valence-electron chi connectivity index (χ1n) is 12.8. The molecule has 3 unspecified atom stereocenters. The molecule has 2 fully saturated rings. The Bertz CT molecular complexity index is 635. The molecule has 3 atom stereocenters. The van der Waals surface area contributed by atoms with Crippen molar-refractivity contribution in [2.45, 2.75) is 109 Å². The monoisotopic (exact) mass is 412 g/mol. The quantitative estimate of drug-likeness (QED) is 0.356. The Balaban J connectivity index is 1.60. The standard InChI is InChI=1S/C27H46N3/c1-5-9-23(16-18-28-7-3)24-11-8-19-29(21-24)25-12-14-26(15-13-25)30-20-17-22(4)27(30)10-6-2/h7-8,11,19,21-23,25-28H,3,5-6,9-10,12-18,20H2,1-2,4H3/q+1. The predicted octanol–water partition coefficient (Wildman–Crippen LogP) is 5.98. The molecule has 3 heteroatoms. The van der Waals surface area contributed by atoms with E-state index < -0.39 is 0 Å². The maximum absolute atomic E-state index is 3.79. The van der Waals surface area contributed by atoms with Gasteiger partial charge in [-0.2, -0.15) is 0 Å². The molecule has 2 aliphatic rings. The van der Waals surface area contributed by atoms with Crippen LogP contribution in [0.4, 0.5) is 0 Å². The zero-order valence-corrected chi connectivity index (χ0v) is 19.9. The first kappa shape index (κ1) is 23.3. The van der Waals surface area contributed by atoms with Crippen LogP contribution >= 0.6 is 0 Å². The number of likely N-dealkylation sites (tertiary alicyclic amines) is 1. The van der Waals surface area contributed by atoms with Crippen LogP contribution in [-0.4, -0.2) is 30.1 Å². The van der Waals surface area contributed by atoms with Crippen LogP contribution in [-0.2, 0) is 0 Å². The summed E-state index contributed by atoms with van der Waals surface area (Å²) >= 11 is 0. The highest BCUT2D eigenvalue weighted by molar-refractivity contribution is 5.12. The normalized spacial score (nSPS) is 28.4. The largest absolute Gasteiger partial charge is 0.391 e. The van der Waals surface area contributed by atoms with Crippen LogP contribution in [0.25, 0.3) is 0 Å². The van der Waals surface area contributed by atoms with Crippen molar-refractivity contribution in [3.63, 3.8) is 0 Å². The minimum absolute atomic E-state index is 0.645. The van der Waals surface area contributed by atoms with E-state index >= 15 is 0 Å². The number of rotatable bonds is 11. The molecule has 3 rings (SSSR count). The van der Waals surface area contributed by atoms with Gasteiger partial charge in [-0.05, 0) is 69.2 Å². The van der Waals surface area contributed by atoms with E-state index in [0.717, 1.165) is 24.5 Å². The summed E-state index contributed by atoms with van der Waals surface area (Å²) in [5, 5.41) is 3.28. The van der Waals surface area contributed by atoms with E-state index in [9.17, 15) is 0 Å². The molecule has 0 spiro atoms. The predicted molar refractivity (Wildman–Crippen MR) is 128 cm³/mol. The van der Waals surface area contributed by atoms with Gasteiger partial charge in [0.25, 0.3) is 0 Å². The first-order chi connectivity index (χ1) is 14.7. The summed E-state index contributed by atoms with van der Waals surface area (Å²) in [6.07, 6.45) is 19.8. The molecule has 2 heterocycles. The molecular formula is C27H46N3+. The highest BCUT2D eigenvalue weighted by Gasteiger charge is 2.38. The molecule has 168 valence electrons. The Hall–Kier alpha value is -1.35. The Morgan fingerprint density at radius 1 is 1.17 bits per heavy atom. The Morgan fingerprint density at radius 2 is 1.97 bits per heavy atom. The van der Waals surface area contributed by atoms with Gasteiger partial charge < -0.3 is 5.32 Å². The lowest BCUT2D eigenvalue weighted by Gasteiger charge is -2.37. The van der Waals surface area contributed by atoms with Gasteiger partial charge in [-0.1, -0.05) is 40.2 Å². The van der Waals surface area contributed by atoms with E-state index in [1.165, 1.54) is 76.3 Å². The van der Waals surface area contributed by atoms with Crippen LogP contribution in [0.1, 0.15) is 103 Å². The molecule has 1 saturated heterocycles. The highest BCUT2D eigenvalue weighted by atomic mass is 15.2. The van der Waals surface area contributed by atoms with E-state index in [4.69, 9.17) is 0 Å². The summed E-state index contributed by atoms with van der Waals surface area (Å²) in [7, 11) is 0. The van der Waals surface area contributed by atoms with Crippen molar-refractivity contribution in [1.82, 2.24) is 10.2 Å². The lowest BCUT2D eigenvalue weighted by molar-refractivity contribution is -0.726. The number of aromatic nitrogens is 1. The third-order valence-electron chi connectivity index (χ3n) is 7.80. The molecule has 1 aromatic rings. The average Bonchev–Trinajstić information content (AvgIpc) is 3.14. The third kappa shape index (κ3) is 5.87. The first-order valence-corrected chi connectivity index (χ1v) is 12.8. The van der Waals surface area contributed by atoms with Crippen molar-refractivity contribution in [2.75, 3.05) is 13.1 Å². The van der Waals surface area contributed by atoms with Gasteiger partial charge in [0.15, 0.2) is 18.4 Å². The van der Waals surface area contributed by atoms with Gasteiger partial charge in [0.2, 0.25) is 0 Å². The molecule has 30 heavy (non-hydrogen) atoms. The zero-order valence-electron chi connectivity index (χ0n) is 19.9. The Kier molecular flexibility index (Phi) is 9.24. The lowest BCUT2D eigenvalue weighted by Crippen LogP contribution is -2.47. The molecule has 1 aliphatic heterocycles. The van der Waals surface area contributed by atoms with Crippen LogP contribution < -0.4 is 9.88 Å². The van der Waals surface area contributed by atoms with Crippen LogP contribution in [0.5, 0.6) is 0 Å². The van der Waals surface area contributed by atoms with Crippen LogP contribution in [0.15, 0.2) is 37.3 Å². The van der Waals surface area contributed by atoms with Crippen molar-refractivity contribution in [3.8, 4) is 0 Å².